The number of ether oxygens (including phenoxy) is 2. The van der Waals surface area contributed by atoms with E-state index in [1.165, 1.54) is 0 Å². The maximum absolute atomic E-state index is 5.96. The summed E-state index contributed by atoms with van der Waals surface area (Å²) in [5, 5.41) is 1.34. The number of hydrogen-bond acceptors (Lipinski definition) is 3. The molecule has 1 aromatic carbocycles. The SMILES string of the molecule is CCOc1ccc2cc(OC)c(Cl)nc2c1. The Hall–Kier alpha value is -1.48. The zero-order valence-electron chi connectivity index (χ0n) is 9.16. The predicted octanol–water partition coefficient (Wildman–Crippen LogP) is 3.30. The van der Waals surface area contributed by atoms with Crippen molar-refractivity contribution in [3.63, 3.8) is 0 Å². The lowest BCUT2D eigenvalue weighted by Gasteiger charge is -2.07. The zero-order chi connectivity index (χ0) is 11.5. The first-order chi connectivity index (χ1) is 7.74. The summed E-state index contributed by atoms with van der Waals surface area (Å²) in [5.41, 5.74) is 0.803. The molecule has 2 rings (SSSR count). The molecule has 0 atom stereocenters. The molecule has 84 valence electrons. The largest absolute Gasteiger partial charge is 0.494 e. The van der Waals surface area contributed by atoms with Crippen LogP contribution in [-0.2, 0) is 0 Å². The second-order valence-corrected chi connectivity index (χ2v) is 3.63. The lowest BCUT2D eigenvalue weighted by atomic mass is 10.2. The van der Waals surface area contributed by atoms with E-state index in [0.29, 0.717) is 17.5 Å². The van der Waals surface area contributed by atoms with Crippen LogP contribution in [0.15, 0.2) is 24.3 Å². The summed E-state index contributed by atoms with van der Waals surface area (Å²) < 4.78 is 10.5. The summed E-state index contributed by atoms with van der Waals surface area (Å²) in [4.78, 5) is 4.25. The summed E-state index contributed by atoms with van der Waals surface area (Å²) >= 11 is 5.96. The van der Waals surface area contributed by atoms with Crippen LogP contribution < -0.4 is 9.47 Å². The third-order valence-electron chi connectivity index (χ3n) is 2.24. The van der Waals surface area contributed by atoms with Crippen molar-refractivity contribution in [2.24, 2.45) is 0 Å². The third kappa shape index (κ3) is 2.04. The van der Waals surface area contributed by atoms with Crippen molar-refractivity contribution in [2.75, 3.05) is 13.7 Å². The van der Waals surface area contributed by atoms with E-state index in [1.54, 1.807) is 7.11 Å². The zero-order valence-corrected chi connectivity index (χ0v) is 9.91. The monoisotopic (exact) mass is 237 g/mol. The van der Waals surface area contributed by atoms with Crippen molar-refractivity contribution in [1.82, 2.24) is 4.98 Å². The molecule has 0 aliphatic heterocycles. The number of pyridine rings is 1. The molecule has 0 amide bonds. The van der Waals surface area contributed by atoms with Crippen LogP contribution in [0, 0.1) is 0 Å². The Bertz CT molecular complexity index is 514. The molecule has 0 saturated heterocycles. The van der Waals surface area contributed by atoms with Crippen molar-refractivity contribution >= 4 is 22.5 Å². The van der Waals surface area contributed by atoms with E-state index in [4.69, 9.17) is 21.1 Å². The van der Waals surface area contributed by atoms with Gasteiger partial charge < -0.3 is 9.47 Å². The van der Waals surface area contributed by atoms with Crippen LogP contribution >= 0.6 is 11.6 Å². The first-order valence-corrected chi connectivity index (χ1v) is 5.39. The molecule has 0 aliphatic rings. The van der Waals surface area contributed by atoms with Gasteiger partial charge in [-0.2, -0.15) is 0 Å². The molecule has 0 aliphatic carbocycles. The molecule has 0 N–H and O–H groups in total. The predicted molar refractivity (Wildman–Crippen MR) is 64.5 cm³/mol. The number of benzene rings is 1. The Labute approximate surface area is 99.0 Å². The maximum atomic E-state index is 5.96. The van der Waals surface area contributed by atoms with Gasteiger partial charge in [0.2, 0.25) is 0 Å². The quantitative estimate of drug-likeness (QED) is 0.768. The highest BCUT2D eigenvalue weighted by Crippen LogP contribution is 2.28. The topological polar surface area (TPSA) is 31.4 Å². The smallest absolute Gasteiger partial charge is 0.171 e. The van der Waals surface area contributed by atoms with Gasteiger partial charge >= 0.3 is 0 Å². The third-order valence-corrected chi connectivity index (χ3v) is 2.51. The van der Waals surface area contributed by atoms with Crippen LogP contribution in [0.25, 0.3) is 10.9 Å². The summed E-state index contributed by atoms with van der Waals surface area (Å²) in [5.74, 6) is 1.38. The molecule has 0 bridgehead atoms. The molecule has 0 saturated carbocycles. The highest BCUT2D eigenvalue weighted by atomic mass is 35.5. The van der Waals surface area contributed by atoms with Crippen molar-refractivity contribution < 1.29 is 9.47 Å². The van der Waals surface area contributed by atoms with Gasteiger partial charge in [-0.1, -0.05) is 11.6 Å². The highest BCUT2D eigenvalue weighted by molar-refractivity contribution is 6.31. The van der Waals surface area contributed by atoms with E-state index in [2.05, 4.69) is 4.98 Å². The molecule has 0 radical (unpaired) electrons. The molecule has 0 fully saturated rings. The number of hydrogen-bond donors (Lipinski definition) is 0. The van der Waals surface area contributed by atoms with Crippen LogP contribution in [0.5, 0.6) is 11.5 Å². The molecule has 1 heterocycles. The van der Waals surface area contributed by atoms with Crippen molar-refractivity contribution in [3.05, 3.63) is 29.4 Å². The maximum Gasteiger partial charge on any atom is 0.171 e. The minimum absolute atomic E-state index is 0.364. The van der Waals surface area contributed by atoms with Crippen molar-refractivity contribution in [3.8, 4) is 11.5 Å². The fourth-order valence-corrected chi connectivity index (χ4v) is 1.73. The Kier molecular flexibility index (Phi) is 3.15. The first-order valence-electron chi connectivity index (χ1n) is 5.01. The van der Waals surface area contributed by atoms with Crippen molar-refractivity contribution in [1.29, 1.82) is 0 Å². The van der Waals surface area contributed by atoms with Gasteiger partial charge in [0.1, 0.15) is 5.75 Å². The lowest BCUT2D eigenvalue weighted by molar-refractivity contribution is 0.340. The number of rotatable bonds is 3. The molecule has 0 spiro atoms. The standard InChI is InChI=1S/C12H12ClNO2/c1-3-16-9-5-4-8-6-11(15-2)12(13)14-10(8)7-9/h4-7H,3H2,1-2H3. The molecule has 1 aromatic heterocycles. The van der Waals surface area contributed by atoms with E-state index >= 15 is 0 Å². The number of aromatic nitrogens is 1. The average Bonchev–Trinajstić information content (AvgIpc) is 2.28. The summed E-state index contributed by atoms with van der Waals surface area (Å²) in [6, 6.07) is 7.57. The van der Waals surface area contributed by atoms with Crippen LogP contribution in [0.1, 0.15) is 6.92 Å². The number of halogens is 1. The summed E-state index contributed by atoms with van der Waals surface area (Å²) in [6.45, 7) is 2.58. The van der Waals surface area contributed by atoms with Crippen molar-refractivity contribution in [2.45, 2.75) is 6.92 Å². The van der Waals surface area contributed by atoms with Crippen LogP contribution in [0.2, 0.25) is 5.15 Å². The average molecular weight is 238 g/mol. The van der Waals surface area contributed by atoms with Gasteiger partial charge in [0.05, 0.1) is 19.2 Å². The molecule has 0 unspecified atom stereocenters. The fraction of sp³-hybridized carbons (Fsp3) is 0.250. The van der Waals surface area contributed by atoms with E-state index in [-0.39, 0.29) is 0 Å². The van der Waals surface area contributed by atoms with E-state index in [1.807, 2.05) is 31.2 Å². The van der Waals surface area contributed by atoms with E-state index < -0.39 is 0 Å². The van der Waals surface area contributed by atoms with Gasteiger partial charge in [-0.25, -0.2) is 4.98 Å². The molecular weight excluding hydrogens is 226 g/mol. The Morgan fingerprint density at radius 2 is 2.12 bits per heavy atom. The second kappa shape index (κ2) is 4.58. The fourth-order valence-electron chi connectivity index (χ4n) is 1.50. The molecule has 16 heavy (non-hydrogen) atoms. The lowest BCUT2D eigenvalue weighted by Crippen LogP contribution is -1.92. The Morgan fingerprint density at radius 1 is 1.31 bits per heavy atom. The normalized spacial score (nSPS) is 10.4. The van der Waals surface area contributed by atoms with Crippen LogP contribution in [0.4, 0.5) is 0 Å². The Morgan fingerprint density at radius 3 is 2.81 bits per heavy atom. The van der Waals surface area contributed by atoms with E-state index in [0.717, 1.165) is 16.7 Å². The van der Waals surface area contributed by atoms with Gasteiger partial charge in [0.15, 0.2) is 10.9 Å². The molecule has 4 heteroatoms. The number of methoxy groups -OCH3 is 1. The minimum Gasteiger partial charge on any atom is -0.494 e. The Balaban J connectivity index is 2.53. The summed E-state index contributed by atoms with van der Waals surface area (Å²) in [7, 11) is 1.57. The van der Waals surface area contributed by atoms with Gasteiger partial charge in [0.25, 0.3) is 0 Å². The van der Waals surface area contributed by atoms with Gasteiger partial charge in [0, 0.05) is 11.5 Å². The van der Waals surface area contributed by atoms with Gasteiger partial charge in [-0.3, -0.25) is 0 Å². The van der Waals surface area contributed by atoms with Gasteiger partial charge in [-0.15, -0.1) is 0 Å². The number of nitrogens with zero attached hydrogens (tertiary/aromatic N) is 1. The molecule has 2 aromatic rings. The first kappa shape index (κ1) is 11.0. The molecule has 3 nitrogen and oxygen atoms in total. The number of fused-ring (bicyclic) bond motifs is 1. The second-order valence-electron chi connectivity index (χ2n) is 3.27. The summed E-state index contributed by atoms with van der Waals surface area (Å²) in [6.07, 6.45) is 0. The minimum atomic E-state index is 0.364. The van der Waals surface area contributed by atoms with Crippen LogP contribution in [-0.4, -0.2) is 18.7 Å². The van der Waals surface area contributed by atoms with Gasteiger partial charge in [-0.05, 0) is 25.1 Å². The van der Waals surface area contributed by atoms with E-state index in [9.17, 15) is 0 Å². The molecular formula is C12H12ClNO2. The highest BCUT2D eigenvalue weighted by Gasteiger charge is 2.05. The van der Waals surface area contributed by atoms with Crippen LogP contribution in [0.3, 0.4) is 0 Å².